The van der Waals surface area contributed by atoms with Crippen LogP contribution in [0, 0.1) is 0 Å². The van der Waals surface area contributed by atoms with Crippen LogP contribution in [0.15, 0.2) is 60.8 Å². The van der Waals surface area contributed by atoms with Crippen LogP contribution >= 0.6 is 0 Å². The Hall–Kier alpha value is -5.24. The number of hydrogen-bond donors (Lipinski definition) is 8. The van der Waals surface area contributed by atoms with Gasteiger partial charge in [0.15, 0.2) is 0 Å². The van der Waals surface area contributed by atoms with Crippen LogP contribution in [-0.2, 0) is 41.6 Å². The van der Waals surface area contributed by atoms with E-state index in [1.807, 2.05) is 0 Å². The fourth-order valence-corrected chi connectivity index (χ4v) is 4.30. The summed E-state index contributed by atoms with van der Waals surface area (Å²) in [6.45, 7) is 0. The number of benzene rings is 2. The Morgan fingerprint density at radius 1 is 0.738 bits per heavy atom. The first-order valence-corrected chi connectivity index (χ1v) is 12.9. The number of carboxylic acids is 2. The summed E-state index contributed by atoms with van der Waals surface area (Å²) in [5.41, 5.74) is 13.3. The first-order valence-electron chi connectivity index (χ1n) is 12.9. The van der Waals surface area contributed by atoms with Crippen molar-refractivity contribution in [1.29, 1.82) is 0 Å². The number of primary amides is 1. The summed E-state index contributed by atoms with van der Waals surface area (Å²) in [5.74, 6) is -6.78. The number of rotatable bonds is 15. The summed E-state index contributed by atoms with van der Waals surface area (Å²) >= 11 is 0. The van der Waals surface area contributed by atoms with E-state index >= 15 is 0 Å². The fourth-order valence-electron chi connectivity index (χ4n) is 4.30. The number of carboxylic acid groups (broad SMARTS) is 2. The lowest BCUT2D eigenvalue weighted by atomic mass is 10.0. The second-order valence-electron chi connectivity index (χ2n) is 9.65. The van der Waals surface area contributed by atoms with Crippen molar-refractivity contribution in [3.8, 4) is 0 Å². The molecule has 0 radical (unpaired) electrons. The van der Waals surface area contributed by atoms with Gasteiger partial charge in [-0.2, -0.15) is 0 Å². The molecule has 10 N–H and O–H groups in total. The largest absolute Gasteiger partial charge is 0.481 e. The molecule has 14 heteroatoms. The third-order valence-corrected chi connectivity index (χ3v) is 6.40. The molecule has 0 saturated carbocycles. The maximum absolute atomic E-state index is 13.1. The van der Waals surface area contributed by atoms with Gasteiger partial charge in [-0.15, -0.1) is 0 Å². The number of aliphatic carboxylic acids is 2. The first-order chi connectivity index (χ1) is 19.9. The Kier molecular flexibility index (Phi) is 10.7. The lowest BCUT2D eigenvalue weighted by Crippen LogP contribution is -2.58. The predicted molar refractivity (Wildman–Crippen MR) is 150 cm³/mol. The molecule has 42 heavy (non-hydrogen) atoms. The second kappa shape index (κ2) is 14.4. The van der Waals surface area contributed by atoms with Crippen LogP contribution in [0.5, 0.6) is 0 Å². The second-order valence-corrected chi connectivity index (χ2v) is 9.65. The van der Waals surface area contributed by atoms with Crippen molar-refractivity contribution in [2.75, 3.05) is 0 Å². The highest BCUT2D eigenvalue weighted by atomic mass is 16.4. The summed E-state index contributed by atoms with van der Waals surface area (Å²) in [7, 11) is 0. The van der Waals surface area contributed by atoms with Gasteiger partial charge in [0.05, 0.1) is 18.9 Å². The zero-order valence-electron chi connectivity index (χ0n) is 22.4. The van der Waals surface area contributed by atoms with E-state index in [-0.39, 0.29) is 12.8 Å². The normalized spacial score (nSPS) is 13.7. The van der Waals surface area contributed by atoms with E-state index in [1.54, 1.807) is 60.8 Å². The van der Waals surface area contributed by atoms with Crippen molar-refractivity contribution >= 4 is 46.5 Å². The van der Waals surface area contributed by atoms with Gasteiger partial charge in [0.25, 0.3) is 0 Å². The molecule has 0 fully saturated rings. The highest BCUT2D eigenvalue weighted by Crippen LogP contribution is 2.19. The van der Waals surface area contributed by atoms with Gasteiger partial charge in [-0.1, -0.05) is 48.5 Å². The fraction of sp³-hybridized carbons (Fsp3) is 0.286. The molecule has 0 aliphatic heterocycles. The van der Waals surface area contributed by atoms with E-state index in [2.05, 4.69) is 20.9 Å². The van der Waals surface area contributed by atoms with Gasteiger partial charge in [0, 0.05) is 23.5 Å². The van der Waals surface area contributed by atoms with Crippen LogP contribution in [0.3, 0.4) is 0 Å². The molecule has 4 unspecified atom stereocenters. The van der Waals surface area contributed by atoms with Crippen LogP contribution in [0.4, 0.5) is 0 Å². The van der Waals surface area contributed by atoms with Crippen LogP contribution in [-0.4, -0.2) is 74.9 Å². The zero-order chi connectivity index (χ0) is 30.8. The molecular weight excluding hydrogens is 548 g/mol. The number of carbonyl (C=O) groups excluding carboxylic acids is 4. The van der Waals surface area contributed by atoms with E-state index < -0.39 is 72.6 Å². The minimum atomic E-state index is -1.67. The molecule has 222 valence electrons. The lowest BCUT2D eigenvalue weighted by Gasteiger charge is -2.24. The van der Waals surface area contributed by atoms with Gasteiger partial charge in [-0.05, 0) is 23.6 Å². The number of aromatic nitrogens is 1. The van der Waals surface area contributed by atoms with E-state index in [9.17, 15) is 39.0 Å². The number of fused-ring (bicyclic) bond motifs is 1. The number of amides is 4. The van der Waals surface area contributed by atoms with E-state index in [0.29, 0.717) is 5.56 Å². The molecule has 3 aromatic rings. The molecule has 1 aromatic heterocycles. The van der Waals surface area contributed by atoms with E-state index in [0.717, 1.165) is 16.5 Å². The number of H-pyrrole nitrogens is 1. The van der Waals surface area contributed by atoms with Crippen LogP contribution in [0.1, 0.15) is 24.0 Å². The van der Waals surface area contributed by atoms with Crippen molar-refractivity contribution in [1.82, 2.24) is 20.9 Å². The number of para-hydroxylation sites is 1. The average Bonchev–Trinajstić information content (AvgIpc) is 3.34. The standard InChI is InChI=1S/C28H32N6O8/c29-18(10-15-6-2-1-3-7-15)25(38)32-21(13-24(36)37)27(40)33-20(12-23(30)35)26(39)34-22(28(41)42)11-16-14-31-19-9-5-4-8-17(16)19/h1-9,14,18,20-22,31H,10-13,29H2,(H2,30,35)(H,32,38)(H,33,40)(H,34,39)(H,36,37)(H,41,42). The maximum Gasteiger partial charge on any atom is 0.326 e. The summed E-state index contributed by atoms with van der Waals surface area (Å²) in [6.07, 6.45) is 0.00133. The van der Waals surface area contributed by atoms with Crippen LogP contribution in [0.25, 0.3) is 10.9 Å². The maximum atomic E-state index is 13.1. The number of nitrogens with two attached hydrogens (primary N) is 2. The predicted octanol–water partition coefficient (Wildman–Crippen LogP) is -0.830. The number of aromatic amines is 1. The van der Waals surface area contributed by atoms with Crippen molar-refractivity contribution in [2.24, 2.45) is 11.5 Å². The quantitative estimate of drug-likeness (QED) is 0.112. The highest BCUT2D eigenvalue weighted by Gasteiger charge is 2.32. The van der Waals surface area contributed by atoms with Gasteiger partial charge in [-0.25, -0.2) is 4.79 Å². The average molecular weight is 581 g/mol. The van der Waals surface area contributed by atoms with Gasteiger partial charge in [0.1, 0.15) is 18.1 Å². The molecular formula is C28H32N6O8. The van der Waals surface area contributed by atoms with Gasteiger partial charge < -0.3 is 42.6 Å². The van der Waals surface area contributed by atoms with Crippen molar-refractivity contribution < 1.29 is 39.0 Å². The number of hydrogen-bond acceptors (Lipinski definition) is 7. The van der Waals surface area contributed by atoms with Gasteiger partial charge in [0.2, 0.25) is 23.6 Å². The zero-order valence-corrected chi connectivity index (χ0v) is 22.4. The molecule has 3 rings (SSSR count). The topological polar surface area (TPSA) is 247 Å². The molecule has 4 atom stereocenters. The first kappa shape index (κ1) is 31.3. The molecule has 14 nitrogen and oxygen atoms in total. The minimum Gasteiger partial charge on any atom is -0.481 e. The van der Waals surface area contributed by atoms with E-state index in [1.165, 1.54) is 0 Å². The van der Waals surface area contributed by atoms with Gasteiger partial charge in [-0.3, -0.25) is 24.0 Å². The molecule has 0 aliphatic rings. The smallest absolute Gasteiger partial charge is 0.326 e. The van der Waals surface area contributed by atoms with Crippen LogP contribution < -0.4 is 27.4 Å². The van der Waals surface area contributed by atoms with E-state index in [4.69, 9.17) is 11.5 Å². The summed E-state index contributed by atoms with van der Waals surface area (Å²) in [4.78, 5) is 76.9. The molecule has 0 bridgehead atoms. The Morgan fingerprint density at radius 2 is 1.31 bits per heavy atom. The minimum absolute atomic E-state index is 0.105. The number of carbonyl (C=O) groups is 6. The third kappa shape index (κ3) is 8.89. The Bertz CT molecular complexity index is 1460. The monoisotopic (exact) mass is 580 g/mol. The molecule has 2 aromatic carbocycles. The van der Waals surface area contributed by atoms with Crippen LogP contribution in [0.2, 0.25) is 0 Å². The van der Waals surface area contributed by atoms with Gasteiger partial charge >= 0.3 is 11.9 Å². The summed E-state index contributed by atoms with van der Waals surface area (Å²) in [6, 6.07) is 10.0. The highest BCUT2D eigenvalue weighted by molar-refractivity contribution is 5.97. The Morgan fingerprint density at radius 3 is 1.93 bits per heavy atom. The third-order valence-electron chi connectivity index (χ3n) is 6.40. The SMILES string of the molecule is NC(=O)CC(NC(=O)C(CC(=O)O)NC(=O)C(N)Cc1ccccc1)C(=O)NC(Cc1c[nH]c2ccccc12)C(=O)O. The lowest BCUT2D eigenvalue weighted by molar-refractivity contribution is -0.143. The van der Waals surface area contributed by atoms with Crippen molar-refractivity contribution in [3.05, 3.63) is 71.9 Å². The molecule has 0 saturated heterocycles. The Balaban J connectivity index is 1.72. The number of nitrogens with one attached hydrogen (secondary N) is 4. The van der Waals surface area contributed by atoms with Crippen molar-refractivity contribution in [3.63, 3.8) is 0 Å². The van der Waals surface area contributed by atoms with Crippen molar-refractivity contribution in [2.45, 2.75) is 49.9 Å². The summed E-state index contributed by atoms with van der Waals surface area (Å²) < 4.78 is 0. The molecule has 4 amide bonds. The summed E-state index contributed by atoms with van der Waals surface area (Å²) in [5, 5.41) is 26.6. The Labute approximate surface area is 239 Å². The molecule has 0 aliphatic carbocycles. The molecule has 1 heterocycles. The molecule has 0 spiro atoms.